The summed E-state index contributed by atoms with van der Waals surface area (Å²) in [5.41, 5.74) is 0. The van der Waals surface area contributed by atoms with E-state index in [1.807, 2.05) is 4.90 Å². The molecule has 82 valence electrons. The summed E-state index contributed by atoms with van der Waals surface area (Å²) in [7, 11) is 0. The highest BCUT2D eigenvalue weighted by Gasteiger charge is 2.34. The third-order valence-electron chi connectivity index (χ3n) is 3.08. The van der Waals surface area contributed by atoms with Gasteiger partial charge in [0.05, 0.1) is 12.7 Å². The maximum absolute atomic E-state index is 11.7. The predicted molar refractivity (Wildman–Crippen MR) is 57.8 cm³/mol. The Morgan fingerprint density at radius 1 is 1.50 bits per heavy atom. The van der Waals surface area contributed by atoms with Crippen molar-refractivity contribution in [2.45, 2.75) is 52.7 Å². The van der Waals surface area contributed by atoms with Crippen LogP contribution in [0, 0.1) is 5.92 Å². The largest absolute Gasteiger partial charge is 0.323 e. The molecule has 1 aliphatic heterocycles. The van der Waals surface area contributed by atoms with Gasteiger partial charge in [0.2, 0.25) is 5.91 Å². The SMILES string of the molecule is CCCC1NCC(=O)N1C(C)C(C)C. The summed E-state index contributed by atoms with van der Waals surface area (Å²) in [4.78, 5) is 13.7. The third-order valence-corrected chi connectivity index (χ3v) is 3.08. The quantitative estimate of drug-likeness (QED) is 0.744. The molecule has 1 saturated heterocycles. The molecule has 0 aromatic heterocycles. The molecule has 1 rings (SSSR count). The first-order valence-corrected chi connectivity index (χ1v) is 5.62. The molecule has 3 nitrogen and oxygen atoms in total. The molecule has 1 aliphatic rings. The lowest BCUT2D eigenvalue weighted by Gasteiger charge is -2.32. The van der Waals surface area contributed by atoms with Gasteiger partial charge in [-0.25, -0.2) is 0 Å². The van der Waals surface area contributed by atoms with Gasteiger partial charge >= 0.3 is 0 Å². The van der Waals surface area contributed by atoms with E-state index < -0.39 is 0 Å². The van der Waals surface area contributed by atoms with Crippen molar-refractivity contribution in [3.63, 3.8) is 0 Å². The zero-order chi connectivity index (χ0) is 10.7. The highest BCUT2D eigenvalue weighted by atomic mass is 16.2. The second-order valence-corrected chi connectivity index (χ2v) is 4.47. The first-order valence-electron chi connectivity index (χ1n) is 5.62. The van der Waals surface area contributed by atoms with Crippen LogP contribution < -0.4 is 5.32 Å². The highest BCUT2D eigenvalue weighted by Crippen LogP contribution is 2.19. The molecular formula is C11H22N2O. The van der Waals surface area contributed by atoms with Crippen LogP contribution in [0.15, 0.2) is 0 Å². The fraction of sp³-hybridized carbons (Fsp3) is 0.909. The Morgan fingerprint density at radius 3 is 2.64 bits per heavy atom. The van der Waals surface area contributed by atoms with Crippen molar-refractivity contribution in [3.8, 4) is 0 Å². The standard InChI is InChI=1S/C11H22N2O/c1-5-6-10-12-7-11(14)13(10)9(4)8(2)3/h8-10,12H,5-7H2,1-4H3. The highest BCUT2D eigenvalue weighted by molar-refractivity contribution is 5.81. The number of nitrogens with one attached hydrogen (secondary N) is 1. The molecule has 2 atom stereocenters. The van der Waals surface area contributed by atoms with Gasteiger partial charge in [-0.05, 0) is 19.3 Å². The van der Waals surface area contributed by atoms with E-state index in [0.29, 0.717) is 18.5 Å². The second-order valence-electron chi connectivity index (χ2n) is 4.47. The van der Waals surface area contributed by atoms with Crippen molar-refractivity contribution in [3.05, 3.63) is 0 Å². The Morgan fingerprint density at radius 2 is 2.14 bits per heavy atom. The van der Waals surface area contributed by atoms with Crippen molar-refractivity contribution >= 4 is 5.91 Å². The first-order chi connectivity index (χ1) is 6.57. The van der Waals surface area contributed by atoms with E-state index in [1.165, 1.54) is 0 Å². The van der Waals surface area contributed by atoms with Crippen LogP contribution in [-0.2, 0) is 4.79 Å². The molecule has 3 heteroatoms. The Bertz CT molecular complexity index is 203. The summed E-state index contributed by atoms with van der Waals surface area (Å²) >= 11 is 0. The van der Waals surface area contributed by atoms with E-state index >= 15 is 0 Å². The Labute approximate surface area is 86.9 Å². The monoisotopic (exact) mass is 198 g/mol. The van der Waals surface area contributed by atoms with E-state index in [0.717, 1.165) is 12.8 Å². The number of carbonyl (C=O) groups excluding carboxylic acids is 1. The van der Waals surface area contributed by atoms with Crippen molar-refractivity contribution in [1.29, 1.82) is 0 Å². The van der Waals surface area contributed by atoms with Crippen LogP contribution in [0.5, 0.6) is 0 Å². The number of amides is 1. The summed E-state index contributed by atoms with van der Waals surface area (Å²) in [6.07, 6.45) is 2.44. The summed E-state index contributed by atoms with van der Waals surface area (Å²) in [5, 5.41) is 3.27. The summed E-state index contributed by atoms with van der Waals surface area (Å²) in [6, 6.07) is 0.342. The lowest BCUT2D eigenvalue weighted by atomic mass is 10.0. The van der Waals surface area contributed by atoms with E-state index in [2.05, 4.69) is 33.0 Å². The topological polar surface area (TPSA) is 32.3 Å². The van der Waals surface area contributed by atoms with E-state index in [4.69, 9.17) is 0 Å². The molecule has 1 N–H and O–H groups in total. The van der Waals surface area contributed by atoms with Crippen LogP contribution in [0.1, 0.15) is 40.5 Å². The van der Waals surface area contributed by atoms with Gasteiger partial charge in [-0.2, -0.15) is 0 Å². The van der Waals surface area contributed by atoms with E-state index in [9.17, 15) is 4.79 Å². The van der Waals surface area contributed by atoms with Gasteiger partial charge in [-0.3, -0.25) is 10.1 Å². The van der Waals surface area contributed by atoms with Gasteiger partial charge in [-0.15, -0.1) is 0 Å². The summed E-state index contributed by atoms with van der Waals surface area (Å²) in [5.74, 6) is 0.780. The second kappa shape index (κ2) is 4.78. The molecule has 0 spiro atoms. The lowest BCUT2D eigenvalue weighted by Crippen LogP contribution is -2.45. The van der Waals surface area contributed by atoms with E-state index in [1.54, 1.807) is 0 Å². The molecule has 0 radical (unpaired) electrons. The maximum atomic E-state index is 11.7. The molecule has 14 heavy (non-hydrogen) atoms. The van der Waals surface area contributed by atoms with Gasteiger partial charge in [-0.1, -0.05) is 27.2 Å². The minimum Gasteiger partial charge on any atom is -0.323 e. The molecular weight excluding hydrogens is 176 g/mol. The van der Waals surface area contributed by atoms with Crippen LogP contribution in [0.25, 0.3) is 0 Å². The number of hydrogen-bond acceptors (Lipinski definition) is 2. The molecule has 0 aromatic carbocycles. The fourth-order valence-corrected chi connectivity index (χ4v) is 1.92. The number of carbonyl (C=O) groups is 1. The van der Waals surface area contributed by atoms with Gasteiger partial charge in [0.25, 0.3) is 0 Å². The van der Waals surface area contributed by atoms with Crippen molar-refractivity contribution in [2.24, 2.45) is 5.92 Å². The van der Waals surface area contributed by atoms with Gasteiger partial charge in [0.15, 0.2) is 0 Å². The minimum atomic E-state index is 0.254. The van der Waals surface area contributed by atoms with Crippen LogP contribution >= 0.6 is 0 Å². The first kappa shape index (κ1) is 11.5. The van der Waals surface area contributed by atoms with Crippen LogP contribution in [0.3, 0.4) is 0 Å². The van der Waals surface area contributed by atoms with Crippen LogP contribution in [0.4, 0.5) is 0 Å². The minimum absolute atomic E-state index is 0.254. The molecule has 0 saturated carbocycles. The smallest absolute Gasteiger partial charge is 0.238 e. The Balaban J connectivity index is 2.66. The number of hydrogen-bond donors (Lipinski definition) is 1. The maximum Gasteiger partial charge on any atom is 0.238 e. The predicted octanol–water partition coefficient (Wildman–Crippen LogP) is 1.59. The average molecular weight is 198 g/mol. The van der Waals surface area contributed by atoms with Gasteiger partial charge in [0.1, 0.15) is 0 Å². The molecule has 1 amide bonds. The Hall–Kier alpha value is -0.570. The van der Waals surface area contributed by atoms with Crippen LogP contribution in [0.2, 0.25) is 0 Å². The number of rotatable bonds is 4. The molecule has 1 heterocycles. The summed E-state index contributed by atoms with van der Waals surface area (Å²) < 4.78 is 0. The molecule has 0 aliphatic carbocycles. The Kier molecular flexibility index (Phi) is 3.93. The zero-order valence-corrected chi connectivity index (χ0v) is 9.71. The van der Waals surface area contributed by atoms with Crippen molar-refractivity contribution in [1.82, 2.24) is 10.2 Å². The molecule has 2 unspecified atom stereocenters. The molecule has 0 aromatic rings. The zero-order valence-electron chi connectivity index (χ0n) is 9.71. The molecule has 0 bridgehead atoms. The van der Waals surface area contributed by atoms with Crippen molar-refractivity contribution in [2.75, 3.05) is 6.54 Å². The molecule has 1 fully saturated rings. The third kappa shape index (κ3) is 2.27. The van der Waals surface area contributed by atoms with Crippen molar-refractivity contribution < 1.29 is 4.79 Å². The normalized spacial score (nSPS) is 24.8. The van der Waals surface area contributed by atoms with Gasteiger partial charge < -0.3 is 4.90 Å². The summed E-state index contributed by atoms with van der Waals surface area (Å²) in [6.45, 7) is 9.14. The fourth-order valence-electron chi connectivity index (χ4n) is 1.92. The van der Waals surface area contributed by atoms with Crippen LogP contribution in [-0.4, -0.2) is 29.6 Å². The number of nitrogens with zero attached hydrogens (tertiary/aromatic N) is 1. The average Bonchev–Trinajstić information content (AvgIpc) is 2.47. The lowest BCUT2D eigenvalue weighted by molar-refractivity contribution is -0.130. The van der Waals surface area contributed by atoms with E-state index in [-0.39, 0.29) is 12.1 Å². The van der Waals surface area contributed by atoms with Gasteiger partial charge in [0, 0.05) is 6.04 Å².